The molecule has 0 fully saturated rings. The zero-order valence-corrected chi connectivity index (χ0v) is 16.0. The summed E-state index contributed by atoms with van der Waals surface area (Å²) in [6, 6.07) is 27.7. The highest BCUT2D eigenvalue weighted by atomic mass is 31.2. The molecule has 136 valence electrons. The molecule has 3 aromatic rings. The van der Waals surface area contributed by atoms with Crippen molar-refractivity contribution in [3.8, 4) is 0 Å². The minimum Gasteiger partial charge on any atom is -0.313 e. The third-order valence-corrected chi connectivity index (χ3v) is 7.35. The summed E-state index contributed by atoms with van der Waals surface area (Å²) < 4.78 is 13.9. The van der Waals surface area contributed by atoms with Crippen LogP contribution in [0.5, 0.6) is 0 Å². The predicted octanol–water partition coefficient (Wildman–Crippen LogP) is 3.81. The molecule has 0 aliphatic carbocycles. The molecule has 1 N–H and O–H groups in total. The number of carbonyl (C=O) groups excluding carboxylic acids is 1. The largest absolute Gasteiger partial charge is 0.313 e. The Morgan fingerprint density at radius 3 is 1.74 bits per heavy atom. The van der Waals surface area contributed by atoms with Crippen molar-refractivity contribution in [3.05, 3.63) is 96.6 Å². The maximum Gasteiger partial charge on any atom is 0.271 e. The second-order valence-corrected chi connectivity index (χ2v) is 9.05. The maximum atomic E-state index is 13.9. The number of rotatable bonds is 6. The molecule has 5 heteroatoms. The molecule has 0 aromatic heterocycles. The molecule has 0 aliphatic rings. The van der Waals surface area contributed by atoms with Gasteiger partial charge in [-0.25, -0.2) is 5.43 Å². The lowest BCUT2D eigenvalue weighted by Gasteiger charge is -2.19. The van der Waals surface area contributed by atoms with Crippen LogP contribution in [0.2, 0.25) is 0 Å². The van der Waals surface area contributed by atoms with Crippen LogP contribution in [0.4, 0.5) is 0 Å². The van der Waals surface area contributed by atoms with E-state index in [9.17, 15) is 9.36 Å². The van der Waals surface area contributed by atoms with Crippen LogP contribution in [0.3, 0.4) is 0 Å². The van der Waals surface area contributed by atoms with Crippen molar-refractivity contribution in [2.75, 3.05) is 6.16 Å². The Bertz CT molecular complexity index is 927. The molecular weight excluding hydrogens is 355 g/mol. The van der Waals surface area contributed by atoms with Crippen LogP contribution in [0, 0.1) is 0 Å². The monoisotopic (exact) mass is 376 g/mol. The van der Waals surface area contributed by atoms with E-state index < -0.39 is 7.14 Å². The van der Waals surface area contributed by atoms with Gasteiger partial charge in [0.15, 0.2) is 0 Å². The van der Waals surface area contributed by atoms with E-state index in [1.807, 2.05) is 66.7 Å². The molecule has 3 rings (SSSR count). The van der Waals surface area contributed by atoms with Crippen molar-refractivity contribution in [1.29, 1.82) is 0 Å². The number of benzene rings is 3. The first-order chi connectivity index (χ1) is 13.1. The Balaban J connectivity index is 1.84. The summed E-state index contributed by atoms with van der Waals surface area (Å²) in [6.07, 6.45) is 0.260. The van der Waals surface area contributed by atoms with Crippen LogP contribution < -0.4 is 16.0 Å². The standard InChI is InChI=1S/C22H21N2O2P/c1-18(23-24-22(25)19-11-5-2-6-12-19)17-27(26,20-13-7-3-8-14-20)21-15-9-4-10-16-21/h2-16H,17H2,1H3,(H,24,25)/b23-18+. The second-order valence-electron chi connectivity index (χ2n) is 6.22. The van der Waals surface area contributed by atoms with Gasteiger partial charge in [0.25, 0.3) is 5.91 Å². The molecule has 0 heterocycles. The van der Waals surface area contributed by atoms with E-state index in [-0.39, 0.29) is 12.1 Å². The Kier molecular flexibility index (Phi) is 6.00. The van der Waals surface area contributed by atoms with E-state index in [4.69, 9.17) is 0 Å². The summed E-state index contributed by atoms with van der Waals surface area (Å²) in [4.78, 5) is 12.2. The van der Waals surface area contributed by atoms with Gasteiger partial charge in [0.05, 0.1) is 0 Å². The lowest BCUT2D eigenvalue weighted by molar-refractivity contribution is 0.0954. The normalized spacial score (nSPS) is 11.8. The zero-order chi connectivity index (χ0) is 19.1. The third kappa shape index (κ3) is 4.60. The SMILES string of the molecule is C/C(CP(=O)(c1ccccc1)c1ccccc1)=N\NC(=O)c1ccccc1. The molecular formula is C22H21N2O2P. The van der Waals surface area contributed by atoms with Gasteiger partial charge in [-0.15, -0.1) is 0 Å². The van der Waals surface area contributed by atoms with E-state index in [0.29, 0.717) is 11.3 Å². The summed E-state index contributed by atoms with van der Waals surface area (Å²) in [5.41, 5.74) is 3.69. The van der Waals surface area contributed by atoms with E-state index in [2.05, 4.69) is 10.5 Å². The van der Waals surface area contributed by atoms with Crippen LogP contribution in [0.25, 0.3) is 0 Å². The minimum absolute atomic E-state index is 0.260. The molecule has 4 nitrogen and oxygen atoms in total. The van der Waals surface area contributed by atoms with Crippen LogP contribution in [-0.2, 0) is 4.57 Å². The van der Waals surface area contributed by atoms with Crippen LogP contribution in [0.15, 0.2) is 96.1 Å². The number of hydrogen-bond donors (Lipinski definition) is 1. The maximum absolute atomic E-state index is 13.9. The Morgan fingerprint density at radius 1 is 0.815 bits per heavy atom. The molecule has 0 aliphatic heterocycles. The van der Waals surface area contributed by atoms with Crippen molar-refractivity contribution >= 4 is 29.4 Å². The first kappa shape index (κ1) is 18.8. The molecule has 3 aromatic carbocycles. The molecule has 0 radical (unpaired) electrons. The predicted molar refractivity (Wildman–Crippen MR) is 112 cm³/mol. The molecule has 0 saturated carbocycles. The smallest absolute Gasteiger partial charge is 0.271 e. The van der Waals surface area contributed by atoms with Crippen molar-refractivity contribution in [3.63, 3.8) is 0 Å². The summed E-state index contributed by atoms with van der Waals surface area (Å²) in [5.74, 6) is -0.288. The number of amides is 1. The molecule has 0 saturated heterocycles. The topological polar surface area (TPSA) is 58.5 Å². The van der Waals surface area contributed by atoms with E-state index >= 15 is 0 Å². The fraction of sp³-hybridized carbons (Fsp3) is 0.0909. The van der Waals surface area contributed by atoms with Gasteiger partial charge in [0.2, 0.25) is 0 Å². The van der Waals surface area contributed by atoms with Crippen molar-refractivity contribution < 1.29 is 9.36 Å². The Labute approximate surface area is 159 Å². The lowest BCUT2D eigenvalue weighted by atomic mass is 10.2. The number of nitrogens with zero attached hydrogens (tertiary/aromatic N) is 1. The summed E-state index contributed by atoms with van der Waals surface area (Å²) in [5, 5.41) is 5.74. The minimum atomic E-state index is -2.89. The van der Waals surface area contributed by atoms with Crippen molar-refractivity contribution in [2.24, 2.45) is 5.10 Å². The highest BCUT2D eigenvalue weighted by Gasteiger charge is 2.28. The van der Waals surface area contributed by atoms with E-state index in [0.717, 1.165) is 10.6 Å². The number of carbonyl (C=O) groups is 1. The van der Waals surface area contributed by atoms with Crippen LogP contribution in [0.1, 0.15) is 17.3 Å². The van der Waals surface area contributed by atoms with Gasteiger partial charge in [0, 0.05) is 28.0 Å². The van der Waals surface area contributed by atoms with Gasteiger partial charge in [-0.3, -0.25) is 4.79 Å². The number of hydrazone groups is 1. The lowest BCUT2D eigenvalue weighted by Crippen LogP contribution is -2.24. The van der Waals surface area contributed by atoms with Crippen LogP contribution in [-0.4, -0.2) is 17.8 Å². The van der Waals surface area contributed by atoms with Gasteiger partial charge in [-0.1, -0.05) is 78.9 Å². The Hall–Kier alpha value is -2.97. The molecule has 0 spiro atoms. The van der Waals surface area contributed by atoms with Crippen molar-refractivity contribution in [2.45, 2.75) is 6.92 Å². The summed E-state index contributed by atoms with van der Waals surface area (Å²) >= 11 is 0. The second kappa shape index (κ2) is 8.61. The molecule has 27 heavy (non-hydrogen) atoms. The third-order valence-electron chi connectivity index (χ3n) is 4.18. The fourth-order valence-electron chi connectivity index (χ4n) is 2.83. The molecule has 0 atom stereocenters. The first-order valence-corrected chi connectivity index (χ1v) is 10.6. The van der Waals surface area contributed by atoms with Crippen LogP contribution >= 0.6 is 7.14 Å². The number of nitrogens with one attached hydrogen (secondary N) is 1. The van der Waals surface area contributed by atoms with Gasteiger partial charge in [-0.2, -0.15) is 5.10 Å². The highest BCUT2D eigenvalue weighted by molar-refractivity contribution is 7.79. The van der Waals surface area contributed by atoms with Crippen molar-refractivity contribution in [1.82, 2.24) is 5.43 Å². The van der Waals surface area contributed by atoms with Gasteiger partial charge >= 0.3 is 0 Å². The quantitative estimate of drug-likeness (QED) is 0.404. The molecule has 0 bridgehead atoms. The molecule has 1 amide bonds. The first-order valence-electron chi connectivity index (χ1n) is 8.68. The van der Waals surface area contributed by atoms with Gasteiger partial charge in [-0.05, 0) is 19.1 Å². The fourth-order valence-corrected chi connectivity index (χ4v) is 5.51. The number of hydrogen-bond acceptors (Lipinski definition) is 3. The van der Waals surface area contributed by atoms with Gasteiger partial charge < -0.3 is 4.57 Å². The van der Waals surface area contributed by atoms with E-state index in [1.165, 1.54) is 0 Å². The summed E-state index contributed by atoms with van der Waals surface area (Å²) in [7, 11) is -2.89. The Morgan fingerprint density at radius 2 is 1.26 bits per heavy atom. The van der Waals surface area contributed by atoms with E-state index in [1.54, 1.807) is 31.2 Å². The highest BCUT2D eigenvalue weighted by Crippen LogP contribution is 2.43. The molecule has 0 unspecified atom stereocenters. The zero-order valence-electron chi connectivity index (χ0n) is 15.1. The average molecular weight is 376 g/mol. The van der Waals surface area contributed by atoms with Gasteiger partial charge in [0.1, 0.15) is 7.14 Å². The summed E-state index contributed by atoms with van der Waals surface area (Å²) in [6.45, 7) is 1.78. The average Bonchev–Trinajstić information content (AvgIpc) is 2.74.